The molecule has 7 nitrogen and oxygen atoms in total. The average Bonchev–Trinajstić information content (AvgIpc) is 3.29. The van der Waals surface area contributed by atoms with Gasteiger partial charge in [-0.25, -0.2) is 0 Å². The van der Waals surface area contributed by atoms with Gasteiger partial charge in [0.2, 0.25) is 0 Å². The van der Waals surface area contributed by atoms with Gasteiger partial charge >= 0.3 is 0 Å². The highest BCUT2D eigenvalue weighted by Crippen LogP contribution is 2.33. The molecule has 1 aromatic heterocycles. The number of hydrogen-bond acceptors (Lipinski definition) is 7. The van der Waals surface area contributed by atoms with E-state index in [9.17, 15) is 4.79 Å². The first kappa shape index (κ1) is 25.6. The van der Waals surface area contributed by atoms with Crippen LogP contribution in [0.25, 0.3) is 0 Å². The first-order valence-electron chi connectivity index (χ1n) is 11.8. The van der Waals surface area contributed by atoms with Crippen LogP contribution in [0.5, 0.6) is 16.7 Å². The van der Waals surface area contributed by atoms with E-state index in [-0.39, 0.29) is 11.9 Å². The van der Waals surface area contributed by atoms with E-state index in [0.717, 1.165) is 38.0 Å². The van der Waals surface area contributed by atoms with Crippen LogP contribution in [0.2, 0.25) is 0 Å². The van der Waals surface area contributed by atoms with Crippen LogP contribution in [0.1, 0.15) is 55.4 Å². The van der Waals surface area contributed by atoms with Gasteiger partial charge in [0.15, 0.2) is 17.3 Å². The zero-order valence-electron chi connectivity index (χ0n) is 20.4. The fraction of sp³-hybridized carbons (Fsp3) is 0.423. The van der Waals surface area contributed by atoms with Gasteiger partial charge in [-0.3, -0.25) is 4.79 Å². The highest BCUT2D eigenvalue weighted by molar-refractivity contribution is 7.07. The van der Waals surface area contributed by atoms with Crippen molar-refractivity contribution in [3.8, 4) is 16.7 Å². The molecule has 1 heterocycles. The van der Waals surface area contributed by atoms with E-state index in [1.54, 1.807) is 25.3 Å². The van der Waals surface area contributed by atoms with Gasteiger partial charge in [0.05, 0.1) is 7.11 Å². The van der Waals surface area contributed by atoms with Gasteiger partial charge in [-0.05, 0) is 63.2 Å². The minimum atomic E-state index is -0.134. The van der Waals surface area contributed by atoms with Gasteiger partial charge in [0, 0.05) is 29.6 Å². The number of aromatic nitrogens is 2. The Labute approximate surface area is 206 Å². The van der Waals surface area contributed by atoms with E-state index >= 15 is 0 Å². The Balaban J connectivity index is 1.61. The maximum Gasteiger partial charge on any atom is 0.298 e. The Morgan fingerprint density at radius 1 is 1.12 bits per heavy atom. The number of amides is 1. The van der Waals surface area contributed by atoms with Crippen molar-refractivity contribution in [2.75, 3.05) is 26.7 Å². The van der Waals surface area contributed by atoms with Crippen molar-refractivity contribution in [2.24, 2.45) is 0 Å². The van der Waals surface area contributed by atoms with Gasteiger partial charge in [0.25, 0.3) is 11.1 Å². The summed E-state index contributed by atoms with van der Waals surface area (Å²) in [7, 11) is 1.57. The zero-order chi connectivity index (χ0) is 24.3. The summed E-state index contributed by atoms with van der Waals surface area (Å²) in [5.41, 5.74) is 1.65. The Kier molecular flexibility index (Phi) is 9.85. The molecule has 182 valence electrons. The summed E-state index contributed by atoms with van der Waals surface area (Å²) in [5, 5.41) is 3.50. The molecule has 0 spiro atoms. The fourth-order valence-corrected chi connectivity index (χ4v) is 4.22. The van der Waals surface area contributed by atoms with Gasteiger partial charge in [-0.2, -0.15) is 9.36 Å². The molecular weight excluding hydrogens is 448 g/mol. The number of carbonyl (C=O) groups is 1. The molecule has 0 fully saturated rings. The molecule has 1 N–H and O–H groups in total. The molecule has 0 aliphatic rings. The van der Waals surface area contributed by atoms with Crippen LogP contribution in [0.4, 0.5) is 0 Å². The lowest BCUT2D eigenvalue weighted by Crippen LogP contribution is -2.33. The molecular formula is C26H34N4O3S. The SMILES string of the molecule is CCN(CC)CCCC(C)NC(=O)c1ccc(OC)c(Oc2nc(Cc3ccccc3)ns2)c1. The Morgan fingerprint density at radius 3 is 2.59 bits per heavy atom. The Morgan fingerprint density at radius 2 is 1.88 bits per heavy atom. The summed E-state index contributed by atoms with van der Waals surface area (Å²) in [6.45, 7) is 9.52. The summed E-state index contributed by atoms with van der Waals surface area (Å²) < 4.78 is 15.8. The number of hydrogen-bond donors (Lipinski definition) is 1. The minimum absolute atomic E-state index is 0.0817. The second-order valence-electron chi connectivity index (χ2n) is 8.15. The van der Waals surface area contributed by atoms with Crippen molar-refractivity contribution in [1.82, 2.24) is 19.6 Å². The number of benzene rings is 2. The molecule has 0 bridgehead atoms. The van der Waals surface area contributed by atoms with E-state index in [1.165, 1.54) is 11.5 Å². The van der Waals surface area contributed by atoms with Crippen LogP contribution in [0.15, 0.2) is 48.5 Å². The van der Waals surface area contributed by atoms with Gasteiger partial charge in [-0.1, -0.05) is 44.2 Å². The first-order chi connectivity index (χ1) is 16.5. The molecule has 1 unspecified atom stereocenters. The van der Waals surface area contributed by atoms with Crippen LogP contribution in [-0.2, 0) is 6.42 Å². The van der Waals surface area contributed by atoms with Gasteiger partial charge in [0.1, 0.15) is 0 Å². The van der Waals surface area contributed by atoms with Crippen LogP contribution >= 0.6 is 11.5 Å². The van der Waals surface area contributed by atoms with E-state index < -0.39 is 0 Å². The van der Waals surface area contributed by atoms with Gasteiger partial charge in [-0.15, -0.1) is 0 Å². The maximum atomic E-state index is 12.8. The predicted octanol–water partition coefficient (Wildman–Crippen LogP) is 5.17. The molecule has 0 saturated carbocycles. The summed E-state index contributed by atoms with van der Waals surface area (Å²) >= 11 is 1.18. The summed E-state index contributed by atoms with van der Waals surface area (Å²) in [6.07, 6.45) is 2.60. The van der Waals surface area contributed by atoms with Crippen LogP contribution in [-0.4, -0.2) is 53.0 Å². The highest BCUT2D eigenvalue weighted by Gasteiger charge is 2.16. The van der Waals surface area contributed by atoms with Crippen LogP contribution < -0.4 is 14.8 Å². The van der Waals surface area contributed by atoms with E-state index in [1.807, 2.05) is 37.3 Å². The molecule has 34 heavy (non-hydrogen) atoms. The third-order valence-electron chi connectivity index (χ3n) is 5.66. The van der Waals surface area contributed by atoms with Crippen LogP contribution in [0, 0.1) is 0 Å². The maximum absolute atomic E-state index is 12.8. The van der Waals surface area contributed by atoms with Crippen LogP contribution in [0.3, 0.4) is 0 Å². The second kappa shape index (κ2) is 13.1. The molecule has 2 aromatic carbocycles. The van der Waals surface area contributed by atoms with Crippen molar-refractivity contribution >= 4 is 17.4 Å². The summed E-state index contributed by atoms with van der Waals surface area (Å²) in [4.78, 5) is 19.7. The average molecular weight is 483 g/mol. The van der Waals surface area contributed by atoms with Crippen molar-refractivity contribution in [2.45, 2.75) is 46.1 Å². The lowest BCUT2D eigenvalue weighted by Gasteiger charge is -2.20. The molecule has 0 radical (unpaired) electrons. The van der Waals surface area contributed by atoms with Crippen molar-refractivity contribution in [3.05, 3.63) is 65.5 Å². The monoisotopic (exact) mass is 482 g/mol. The third kappa shape index (κ3) is 7.53. The number of ether oxygens (including phenoxy) is 2. The lowest BCUT2D eigenvalue weighted by atomic mass is 10.1. The van der Waals surface area contributed by atoms with E-state index in [2.05, 4.69) is 33.4 Å². The van der Waals surface area contributed by atoms with E-state index in [4.69, 9.17) is 9.47 Å². The minimum Gasteiger partial charge on any atom is -0.493 e. The van der Waals surface area contributed by atoms with Crippen molar-refractivity contribution in [1.29, 1.82) is 0 Å². The standard InChI is InChI=1S/C26H34N4O3S/c1-5-30(6-2)16-10-11-19(3)27-25(31)21-14-15-22(32-4)23(18-21)33-26-28-24(29-34-26)17-20-12-8-7-9-13-20/h7-9,12-15,18-19H,5-6,10-11,16-17H2,1-4H3,(H,27,31). The molecule has 0 aliphatic heterocycles. The number of nitrogens with zero attached hydrogens (tertiary/aromatic N) is 3. The molecule has 0 aliphatic carbocycles. The number of carbonyl (C=O) groups excluding carboxylic acids is 1. The molecule has 3 rings (SSSR count). The topological polar surface area (TPSA) is 76.6 Å². The number of nitrogens with one attached hydrogen (secondary N) is 1. The number of rotatable bonds is 13. The number of methoxy groups -OCH3 is 1. The second-order valence-corrected chi connectivity index (χ2v) is 8.86. The first-order valence-corrected chi connectivity index (χ1v) is 12.5. The third-order valence-corrected chi connectivity index (χ3v) is 6.29. The highest BCUT2D eigenvalue weighted by atomic mass is 32.1. The molecule has 1 amide bonds. The normalized spacial score (nSPS) is 11.9. The summed E-state index contributed by atoms with van der Waals surface area (Å²) in [5.74, 6) is 1.53. The lowest BCUT2D eigenvalue weighted by molar-refractivity contribution is 0.0937. The zero-order valence-corrected chi connectivity index (χ0v) is 21.2. The van der Waals surface area contributed by atoms with E-state index in [0.29, 0.717) is 34.5 Å². The quantitative estimate of drug-likeness (QED) is 0.362. The fourth-order valence-electron chi connectivity index (χ4n) is 3.66. The largest absolute Gasteiger partial charge is 0.493 e. The summed E-state index contributed by atoms with van der Waals surface area (Å²) in [6, 6.07) is 15.3. The Bertz CT molecular complexity index is 1040. The molecule has 3 aromatic rings. The predicted molar refractivity (Wildman–Crippen MR) is 136 cm³/mol. The Hall–Kier alpha value is -2.97. The molecule has 8 heteroatoms. The van der Waals surface area contributed by atoms with Gasteiger partial charge < -0.3 is 19.7 Å². The van der Waals surface area contributed by atoms with Crippen molar-refractivity contribution in [3.63, 3.8) is 0 Å². The smallest absolute Gasteiger partial charge is 0.298 e. The van der Waals surface area contributed by atoms with Crippen molar-refractivity contribution < 1.29 is 14.3 Å². The molecule has 0 saturated heterocycles. The molecule has 1 atom stereocenters.